The lowest BCUT2D eigenvalue weighted by Crippen LogP contribution is -2.32. The van der Waals surface area contributed by atoms with Crippen LogP contribution in [0.2, 0.25) is 0 Å². The Balaban J connectivity index is 0.694. The first-order valence-corrected chi connectivity index (χ1v) is 41.1. The lowest BCUT2D eigenvalue weighted by atomic mass is 9.65. The van der Waals surface area contributed by atoms with Gasteiger partial charge in [0.25, 0.3) is 0 Å². The molecule has 8 nitrogen and oxygen atoms in total. The van der Waals surface area contributed by atoms with Crippen molar-refractivity contribution in [3.05, 3.63) is 468 Å². The molecule has 8 heteroatoms. The highest BCUT2D eigenvalue weighted by molar-refractivity contribution is 5.97. The zero-order valence-electron chi connectivity index (χ0n) is 65.8. The van der Waals surface area contributed by atoms with Crippen molar-refractivity contribution >= 4 is 0 Å². The second kappa shape index (κ2) is 28.7. The van der Waals surface area contributed by atoms with Crippen molar-refractivity contribution in [1.82, 2.24) is 19.9 Å². The van der Waals surface area contributed by atoms with Gasteiger partial charge in [-0.25, -0.2) is 19.9 Å². The standard InChI is InChI=1S/C114H68N6O2/c115-69-71-47-51-74(52-48-71)76-55-59-78(60-56-76)86-35-19-43-99-107(86)121-109-93(38-22-45-101(109)113(99)95-39-14-10-31-88(95)89-32-11-15-40-96(89)113)106-68-104(80-27-8-3-9-28-80)118-112(120-106)84-30-18-29-82(65-84)94-66-83(63-64-85(94)77-53-49-72(70-116)50-54-77)87-36-20-44-100-108(87)122-110-92(37-21-46-102(110)114(100)97-41-16-12-33-90(97)91-34-13-17-42-98(91)114)105-67-103(79-25-6-2-7-26-79)117-111(119-105)81-61-57-75(58-62-81)73-23-4-1-5-24-73/h1-68H. The Kier molecular flexibility index (Phi) is 16.7. The van der Waals surface area contributed by atoms with Gasteiger partial charge < -0.3 is 9.47 Å². The summed E-state index contributed by atoms with van der Waals surface area (Å²) in [7, 11) is 0. The Hall–Kier alpha value is -16.5. The minimum Gasteiger partial charge on any atom is -0.455 e. The molecule has 0 saturated heterocycles. The monoisotopic (exact) mass is 1550 g/mol. The quantitative estimate of drug-likeness (QED) is 0.119. The maximum Gasteiger partial charge on any atom is 0.160 e. The maximum absolute atomic E-state index is 10.2. The van der Waals surface area contributed by atoms with Crippen LogP contribution in [-0.4, -0.2) is 19.9 Å². The van der Waals surface area contributed by atoms with Crippen molar-refractivity contribution in [2.75, 3.05) is 0 Å². The molecular formula is C114H68N6O2. The molecule has 4 aliphatic rings. The molecule has 122 heavy (non-hydrogen) atoms. The van der Waals surface area contributed by atoms with E-state index in [9.17, 15) is 10.5 Å². The average Bonchev–Trinajstić information content (AvgIpc) is 1.49. The molecule has 23 rings (SSSR count). The number of rotatable bonds is 12. The second-order valence-corrected chi connectivity index (χ2v) is 31.5. The molecule has 0 unspecified atom stereocenters. The number of para-hydroxylation sites is 4. The maximum atomic E-state index is 10.2. The molecule has 19 aromatic rings. The molecule has 566 valence electrons. The van der Waals surface area contributed by atoms with Gasteiger partial charge in [-0.2, -0.15) is 10.5 Å². The van der Waals surface area contributed by atoms with E-state index in [2.05, 4.69) is 358 Å². The molecule has 0 N–H and O–H groups in total. The number of ether oxygens (including phenoxy) is 2. The van der Waals surface area contributed by atoms with E-state index in [1.54, 1.807) is 0 Å². The Morgan fingerprint density at radius 1 is 0.180 bits per heavy atom. The number of hydrogen-bond donors (Lipinski definition) is 0. The van der Waals surface area contributed by atoms with E-state index >= 15 is 0 Å². The summed E-state index contributed by atoms with van der Waals surface area (Å²) in [6.45, 7) is 0. The van der Waals surface area contributed by atoms with Crippen LogP contribution in [-0.2, 0) is 10.8 Å². The molecule has 2 aliphatic carbocycles. The van der Waals surface area contributed by atoms with Gasteiger partial charge in [0.15, 0.2) is 11.6 Å². The fraction of sp³-hybridized carbons (Fsp3) is 0.0175. The highest BCUT2D eigenvalue weighted by atomic mass is 16.5. The Bertz CT molecular complexity index is 7470. The van der Waals surface area contributed by atoms with E-state index in [0.29, 0.717) is 40.0 Å². The third-order valence-electron chi connectivity index (χ3n) is 25.0. The molecule has 0 saturated carbocycles. The van der Waals surface area contributed by atoms with Crippen molar-refractivity contribution in [3.63, 3.8) is 0 Å². The summed E-state index contributed by atoms with van der Waals surface area (Å²) in [5.41, 5.74) is 33.0. The number of nitriles is 2. The third-order valence-corrected chi connectivity index (χ3v) is 25.0. The van der Waals surface area contributed by atoms with Gasteiger partial charge in [0.2, 0.25) is 0 Å². The number of benzene rings is 17. The highest BCUT2D eigenvalue weighted by Crippen LogP contribution is 2.67. The lowest BCUT2D eigenvalue weighted by molar-refractivity contribution is 0.439. The second-order valence-electron chi connectivity index (χ2n) is 31.5. The van der Waals surface area contributed by atoms with Crippen LogP contribution < -0.4 is 9.47 Å². The molecule has 2 aliphatic heterocycles. The van der Waals surface area contributed by atoms with Crippen LogP contribution in [0.4, 0.5) is 0 Å². The van der Waals surface area contributed by atoms with Gasteiger partial charge in [0, 0.05) is 66.8 Å². The van der Waals surface area contributed by atoms with Crippen LogP contribution in [0.15, 0.2) is 413 Å². The van der Waals surface area contributed by atoms with Crippen LogP contribution in [0.3, 0.4) is 0 Å². The van der Waals surface area contributed by atoms with Gasteiger partial charge in [0.05, 0.1) is 56.9 Å². The molecular weight excluding hydrogens is 1490 g/mol. The van der Waals surface area contributed by atoms with Crippen LogP contribution in [0.5, 0.6) is 23.0 Å². The number of aromatic nitrogens is 4. The molecule has 2 spiro atoms. The third kappa shape index (κ3) is 11.3. The predicted molar refractivity (Wildman–Crippen MR) is 487 cm³/mol. The fourth-order valence-electron chi connectivity index (χ4n) is 19.5. The van der Waals surface area contributed by atoms with Crippen molar-refractivity contribution in [1.29, 1.82) is 10.5 Å². The van der Waals surface area contributed by atoms with Crippen molar-refractivity contribution < 1.29 is 9.47 Å². The summed E-state index contributed by atoms with van der Waals surface area (Å²) >= 11 is 0. The average molecular weight is 1550 g/mol. The van der Waals surface area contributed by atoms with E-state index < -0.39 is 10.8 Å². The summed E-state index contributed by atoms with van der Waals surface area (Å²) in [6, 6.07) is 150. The Morgan fingerprint density at radius 2 is 0.459 bits per heavy atom. The molecule has 0 amide bonds. The molecule has 0 radical (unpaired) electrons. The lowest BCUT2D eigenvalue weighted by Gasteiger charge is -2.40. The summed E-state index contributed by atoms with van der Waals surface area (Å²) < 4.78 is 15.7. The van der Waals surface area contributed by atoms with Gasteiger partial charge in [-0.05, 0) is 161 Å². The summed E-state index contributed by atoms with van der Waals surface area (Å²) in [5, 5.41) is 19.9. The zero-order chi connectivity index (χ0) is 81.0. The van der Waals surface area contributed by atoms with E-state index in [0.717, 1.165) is 162 Å². The normalized spacial score (nSPS) is 12.8. The summed E-state index contributed by atoms with van der Waals surface area (Å²) in [4.78, 5) is 22.2. The van der Waals surface area contributed by atoms with Crippen LogP contribution in [0.1, 0.15) is 55.6 Å². The fourth-order valence-corrected chi connectivity index (χ4v) is 19.5. The largest absolute Gasteiger partial charge is 0.455 e. The van der Waals surface area contributed by atoms with Crippen molar-refractivity contribution in [2.45, 2.75) is 10.8 Å². The molecule has 0 atom stereocenters. The smallest absolute Gasteiger partial charge is 0.160 e. The zero-order valence-corrected chi connectivity index (χ0v) is 65.8. The predicted octanol–water partition coefficient (Wildman–Crippen LogP) is 28.0. The Labute approximate surface area is 706 Å². The highest BCUT2D eigenvalue weighted by Gasteiger charge is 2.54. The minimum absolute atomic E-state index is 0.525. The molecule has 0 fully saturated rings. The number of nitrogens with zero attached hydrogens (tertiary/aromatic N) is 6. The van der Waals surface area contributed by atoms with Crippen LogP contribution >= 0.6 is 0 Å². The minimum atomic E-state index is -0.851. The van der Waals surface area contributed by atoms with Gasteiger partial charge in [0.1, 0.15) is 23.0 Å². The van der Waals surface area contributed by atoms with Crippen molar-refractivity contribution in [2.24, 2.45) is 0 Å². The van der Waals surface area contributed by atoms with E-state index in [4.69, 9.17) is 29.4 Å². The summed E-state index contributed by atoms with van der Waals surface area (Å²) in [6.07, 6.45) is 0. The molecule has 0 bridgehead atoms. The van der Waals surface area contributed by atoms with Gasteiger partial charge in [-0.15, -0.1) is 0 Å². The Morgan fingerprint density at radius 3 is 0.902 bits per heavy atom. The van der Waals surface area contributed by atoms with Gasteiger partial charge in [-0.3, -0.25) is 0 Å². The first-order valence-electron chi connectivity index (χ1n) is 41.1. The SMILES string of the molecule is N#Cc1ccc(-c2ccc(-c3cccc4c3Oc3c(-c5cc(-c6ccccc6)nc(-c6cccc(-c7cc(-c8cccc9c8Oc8c(-c%10cc(-c%11ccccc%11)nc(-c%11ccc(-c%12ccccc%12)cc%11)n%10)cccc8C98c9ccccc9-c9ccccc98)ccc7-c7ccc(C#N)cc7)c6)n5)cccc3C43c4ccccc4-c4ccccc43)cc2)cc1. The molecule has 4 heterocycles. The topological polar surface area (TPSA) is 118 Å². The van der Waals surface area contributed by atoms with Gasteiger partial charge >= 0.3 is 0 Å². The van der Waals surface area contributed by atoms with Gasteiger partial charge in [-0.1, -0.05) is 352 Å². The van der Waals surface area contributed by atoms with Crippen LogP contribution in [0.25, 0.3) is 157 Å². The number of hydrogen-bond acceptors (Lipinski definition) is 8. The van der Waals surface area contributed by atoms with E-state index in [-0.39, 0.29) is 0 Å². The summed E-state index contributed by atoms with van der Waals surface area (Å²) in [5.74, 6) is 4.02. The molecule has 17 aromatic carbocycles. The number of fused-ring (bicyclic) bond motifs is 18. The van der Waals surface area contributed by atoms with E-state index in [1.807, 2.05) is 66.7 Å². The molecule has 2 aromatic heterocycles. The van der Waals surface area contributed by atoms with Crippen molar-refractivity contribution in [3.8, 4) is 192 Å². The van der Waals surface area contributed by atoms with E-state index in [1.165, 1.54) is 33.4 Å². The van der Waals surface area contributed by atoms with Crippen LogP contribution in [0, 0.1) is 22.7 Å². The first kappa shape index (κ1) is 70.9. The first-order chi connectivity index (χ1) is 60.4.